The zero-order chi connectivity index (χ0) is 15.2. The van der Waals surface area contributed by atoms with Crippen LogP contribution in [0.15, 0.2) is 0 Å². The third-order valence-corrected chi connectivity index (χ3v) is 4.35. The van der Waals surface area contributed by atoms with Crippen LogP contribution in [0.25, 0.3) is 0 Å². The van der Waals surface area contributed by atoms with E-state index in [-0.39, 0.29) is 5.54 Å². The molecule has 0 aromatic heterocycles. The van der Waals surface area contributed by atoms with Gasteiger partial charge in [-0.1, -0.05) is 6.92 Å². The van der Waals surface area contributed by atoms with Gasteiger partial charge in [0, 0.05) is 18.6 Å². The summed E-state index contributed by atoms with van der Waals surface area (Å²) in [6, 6.07) is 3.50. The van der Waals surface area contributed by atoms with Gasteiger partial charge in [0.25, 0.3) is 0 Å². The molecular formula is C17H33N3. The topological polar surface area (TPSA) is 39.1 Å². The Kier molecular flexibility index (Phi) is 6.99. The zero-order valence-electron chi connectivity index (χ0n) is 14.1. The van der Waals surface area contributed by atoms with Gasteiger partial charge in [0.2, 0.25) is 0 Å². The Balaban J connectivity index is 2.43. The molecule has 1 atom stereocenters. The molecule has 116 valence electrons. The van der Waals surface area contributed by atoms with Crippen molar-refractivity contribution in [3.8, 4) is 6.07 Å². The molecule has 0 bridgehead atoms. The van der Waals surface area contributed by atoms with Gasteiger partial charge in [0.1, 0.15) is 5.54 Å². The van der Waals surface area contributed by atoms with Crippen molar-refractivity contribution in [1.29, 1.82) is 5.26 Å². The van der Waals surface area contributed by atoms with E-state index in [1.807, 2.05) is 0 Å². The molecule has 0 aromatic carbocycles. The summed E-state index contributed by atoms with van der Waals surface area (Å²) in [6.45, 7) is 13.3. The highest BCUT2D eigenvalue weighted by Gasteiger charge is 2.29. The van der Waals surface area contributed by atoms with Gasteiger partial charge in [-0.2, -0.15) is 5.26 Å². The molecule has 1 aliphatic rings. The van der Waals surface area contributed by atoms with Crippen LogP contribution < -0.4 is 5.32 Å². The van der Waals surface area contributed by atoms with Crippen molar-refractivity contribution in [3.63, 3.8) is 0 Å². The van der Waals surface area contributed by atoms with Gasteiger partial charge in [0.15, 0.2) is 0 Å². The fourth-order valence-corrected chi connectivity index (χ4v) is 2.85. The lowest BCUT2D eigenvalue weighted by Gasteiger charge is -2.31. The Morgan fingerprint density at radius 1 is 1.30 bits per heavy atom. The highest BCUT2D eigenvalue weighted by molar-refractivity contribution is 5.06. The van der Waals surface area contributed by atoms with E-state index in [1.165, 1.54) is 19.4 Å². The first-order valence-electron chi connectivity index (χ1n) is 8.35. The maximum atomic E-state index is 9.53. The van der Waals surface area contributed by atoms with Crippen molar-refractivity contribution in [3.05, 3.63) is 0 Å². The number of nitriles is 1. The molecule has 0 aliphatic heterocycles. The van der Waals surface area contributed by atoms with Crippen LogP contribution in [0.4, 0.5) is 0 Å². The summed E-state index contributed by atoms with van der Waals surface area (Å²) in [5.74, 6) is 0.943. The highest BCUT2D eigenvalue weighted by atomic mass is 15.1. The van der Waals surface area contributed by atoms with E-state index in [1.54, 1.807) is 0 Å². The largest absolute Gasteiger partial charge is 0.301 e. The molecule has 1 rings (SSSR count). The maximum absolute atomic E-state index is 9.53. The van der Waals surface area contributed by atoms with Crippen molar-refractivity contribution in [2.75, 3.05) is 13.1 Å². The Bertz CT molecular complexity index is 315. The summed E-state index contributed by atoms with van der Waals surface area (Å²) in [5, 5.41) is 13.0. The number of nitrogens with one attached hydrogen (secondary N) is 1. The van der Waals surface area contributed by atoms with E-state index in [2.05, 4.69) is 50.9 Å². The molecule has 1 unspecified atom stereocenters. The third-order valence-electron chi connectivity index (χ3n) is 4.35. The van der Waals surface area contributed by atoms with Crippen LogP contribution in [0.5, 0.6) is 0 Å². The van der Waals surface area contributed by atoms with E-state index in [4.69, 9.17) is 0 Å². The van der Waals surface area contributed by atoms with Gasteiger partial charge in [-0.05, 0) is 72.3 Å². The fraction of sp³-hybridized carbons (Fsp3) is 0.941. The molecule has 0 amide bonds. The lowest BCUT2D eigenvalue weighted by molar-refractivity contribution is 0.199. The van der Waals surface area contributed by atoms with Gasteiger partial charge in [-0.25, -0.2) is 0 Å². The molecule has 1 fully saturated rings. The SMILES string of the molecule is CCC(C#N)(CCCN(CC1CC1)C(C)C)NC(C)C. The van der Waals surface area contributed by atoms with Crippen LogP contribution in [0, 0.1) is 17.2 Å². The van der Waals surface area contributed by atoms with Gasteiger partial charge < -0.3 is 4.90 Å². The summed E-state index contributed by atoms with van der Waals surface area (Å²) < 4.78 is 0. The number of rotatable bonds is 10. The Hall–Kier alpha value is -0.590. The predicted octanol–water partition coefficient (Wildman–Crippen LogP) is 3.56. The molecule has 1 aliphatic carbocycles. The molecule has 0 saturated heterocycles. The summed E-state index contributed by atoms with van der Waals surface area (Å²) in [4.78, 5) is 2.59. The standard InChI is InChI=1S/C17H33N3/c1-6-17(13-18,19-14(2)3)10-7-11-20(15(4)5)12-16-8-9-16/h14-16,19H,6-12H2,1-5H3. The Morgan fingerprint density at radius 2 is 1.95 bits per heavy atom. The van der Waals surface area contributed by atoms with Gasteiger partial charge in [-0.15, -0.1) is 0 Å². The molecule has 0 radical (unpaired) electrons. The third kappa shape index (κ3) is 5.81. The normalized spacial score (nSPS) is 18.6. The quantitative estimate of drug-likeness (QED) is 0.664. The molecule has 1 N–H and O–H groups in total. The smallest absolute Gasteiger partial charge is 0.106 e. The second-order valence-corrected chi connectivity index (χ2v) is 6.98. The predicted molar refractivity (Wildman–Crippen MR) is 85.6 cm³/mol. The summed E-state index contributed by atoms with van der Waals surface area (Å²) >= 11 is 0. The second kappa shape index (κ2) is 8.00. The van der Waals surface area contributed by atoms with Crippen LogP contribution in [-0.2, 0) is 0 Å². The molecular weight excluding hydrogens is 246 g/mol. The van der Waals surface area contributed by atoms with Gasteiger partial charge in [0.05, 0.1) is 6.07 Å². The monoisotopic (exact) mass is 279 g/mol. The van der Waals surface area contributed by atoms with E-state index in [0.29, 0.717) is 12.1 Å². The Morgan fingerprint density at radius 3 is 2.35 bits per heavy atom. The summed E-state index contributed by atoms with van der Waals surface area (Å²) in [7, 11) is 0. The average Bonchev–Trinajstić information content (AvgIpc) is 3.19. The fourth-order valence-electron chi connectivity index (χ4n) is 2.85. The van der Waals surface area contributed by atoms with Crippen molar-refractivity contribution in [2.24, 2.45) is 5.92 Å². The lowest BCUT2D eigenvalue weighted by Crippen LogP contribution is -2.47. The van der Waals surface area contributed by atoms with Crippen molar-refractivity contribution in [1.82, 2.24) is 10.2 Å². The molecule has 0 spiro atoms. The van der Waals surface area contributed by atoms with Crippen molar-refractivity contribution < 1.29 is 0 Å². The summed E-state index contributed by atoms with van der Waals surface area (Å²) in [5.41, 5.74) is -0.337. The minimum absolute atomic E-state index is 0.337. The molecule has 0 heterocycles. The van der Waals surface area contributed by atoms with Crippen LogP contribution >= 0.6 is 0 Å². The molecule has 3 heteroatoms. The molecule has 3 nitrogen and oxygen atoms in total. The van der Waals surface area contributed by atoms with Crippen LogP contribution in [-0.4, -0.2) is 35.6 Å². The molecule has 20 heavy (non-hydrogen) atoms. The zero-order valence-corrected chi connectivity index (χ0v) is 14.1. The van der Waals surface area contributed by atoms with E-state index in [0.717, 1.165) is 31.7 Å². The van der Waals surface area contributed by atoms with Crippen LogP contribution in [0.3, 0.4) is 0 Å². The summed E-state index contributed by atoms with van der Waals surface area (Å²) in [6.07, 6.45) is 5.76. The number of hydrogen-bond donors (Lipinski definition) is 1. The van der Waals surface area contributed by atoms with E-state index in [9.17, 15) is 5.26 Å². The minimum atomic E-state index is -0.337. The van der Waals surface area contributed by atoms with Crippen LogP contribution in [0.2, 0.25) is 0 Å². The first-order valence-corrected chi connectivity index (χ1v) is 8.35. The minimum Gasteiger partial charge on any atom is -0.301 e. The van der Waals surface area contributed by atoms with E-state index >= 15 is 0 Å². The van der Waals surface area contributed by atoms with Crippen molar-refractivity contribution >= 4 is 0 Å². The molecule has 1 saturated carbocycles. The lowest BCUT2D eigenvalue weighted by atomic mass is 9.91. The van der Waals surface area contributed by atoms with Crippen LogP contribution in [0.1, 0.15) is 66.7 Å². The van der Waals surface area contributed by atoms with Crippen molar-refractivity contribution in [2.45, 2.75) is 84.3 Å². The Labute approximate surface area is 125 Å². The van der Waals surface area contributed by atoms with E-state index < -0.39 is 0 Å². The second-order valence-electron chi connectivity index (χ2n) is 6.98. The molecule has 0 aromatic rings. The maximum Gasteiger partial charge on any atom is 0.106 e. The highest BCUT2D eigenvalue weighted by Crippen LogP contribution is 2.30. The number of nitrogens with zero attached hydrogens (tertiary/aromatic N) is 2. The van der Waals surface area contributed by atoms with Gasteiger partial charge in [-0.3, -0.25) is 5.32 Å². The van der Waals surface area contributed by atoms with Gasteiger partial charge >= 0.3 is 0 Å². The average molecular weight is 279 g/mol. The first-order chi connectivity index (χ1) is 9.42. The number of hydrogen-bond acceptors (Lipinski definition) is 3. The first kappa shape index (κ1) is 17.5.